The zero-order valence-corrected chi connectivity index (χ0v) is 18.0. The van der Waals surface area contributed by atoms with Crippen LogP contribution in [0, 0.1) is 11.3 Å². The lowest BCUT2D eigenvalue weighted by molar-refractivity contribution is -0.112. The van der Waals surface area contributed by atoms with Crippen LogP contribution in [0.2, 0.25) is 0 Å². The third-order valence-corrected chi connectivity index (χ3v) is 4.71. The largest absolute Gasteiger partial charge is 0.493 e. The van der Waals surface area contributed by atoms with Crippen molar-refractivity contribution in [3.8, 4) is 17.6 Å². The Balaban J connectivity index is 1.83. The predicted molar refractivity (Wildman–Crippen MR) is 121 cm³/mol. The quantitative estimate of drug-likeness (QED) is 0.228. The second kappa shape index (κ2) is 10.2. The molecule has 3 aromatic carbocycles. The highest BCUT2D eigenvalue weighted by atomic mass is 79.9. The van der Waals surface area contributed by atoms with Crippen molar-refractivity contribution in [2.75, 3.05) is 12.4 Å². The van der Waals surface area contributed by atoms with Gasteiger partial charge in [0.1, 0.15) is 11.6 Å². The van der Waals surface area contributed by atoms with Crippen molar-refractivity contribution >= 4 is 39.6 Å². The first-order valence-electron chi connectivity index (χ1n) is 9.14. The predicted octanol–water partition coefficient (Wildman–Crippen LogP) is 5.22. The van der Waals surface area contributed by atoms with Crippen molar-refractivity contribution in [3.63, 3.8) is 0 Å². The number of nitrogens with one attached hydrogen (secondary N) is 1. The maximum absolute atomic E-state index is 12.5. The molecule has 1 amide bonds. The van der Waals surface area contributed by atoms with E-state index in [-0.39, 0.29) is 11.3 Å². The molecule has 3 rings (SSSR count). The molecule has 0 spiro atoms. The topological polar surface area (TPSA) is 88.4 Å². The van der Waals surface area contributed by atoms with Crippen LogP contribution >= 0.6 is 15.9 Å². The highest BCUT2D eigenvalue weighted by molar-refractivity contribution is 9.10. The number of benzene rings is 3. The van der Waals surface area contributed by atoms with E-state index in [1.54, 1.807) is 66.7 Å². The highest BCUT2D eigenvalue weighted by Gasteiger charge is 2.14. The summed E-state index contributed by atoms with van der Waals surface area (Å²) < 4.78 is 11.6. The molecule has 0 saturated carbocycles. The van der Waals surface area contributed by atoms with Crippen molar-refractivity contribution in [1.29, 1.82) is 5.26 Å². The minimum atomic E-state index is -0.552. The zero-order chi connectivity index (χ0) is 22.2. The standard InChI is InChI=1S/C24H17BrN2O4/c1-30-21-12-7-16(14-22(21)31-24(29)17-5-3-2-4-6-17)13-18(15-26)23(28)27-20-10-8-19(25)9-11-20/h2-14H,1H3,(H,27,28)/b18-13+. The van der Waals surface area contributed by atoms with Crippen molar-refractivity contribution in [1.82, 2.24) is 0 Å². The van der Waals surface area contributed by atoms with Crippen LogP contribution < -0.4 is 14.8 Å². The van der Waals surface area contributed by atoms with E-state index >= 15 is 0 Å². The van der Waals surface area contributed by atoms with Crippen LogP contribution in [-0.4, -0.2) is 19.0 Å². The number of carbonyl (C=O) groups is 2. The molecule has 0 fully saturated rings. The van der Waals surface area contributed by atoms with Crippen LogP contribution in [-0.2, 0) is 4.79 Å². The van der Waals surface area contributed by atoms with E-state index in [1.165, 1.54) is 19.3 Å². The van der Waals surface area contributed by atoms with Crippen molar-refractivity contribution in [2.45, 2.75) is 0 Å². The molecule has 0 aliphatic heterocycles. The first-order chi connectivity index (χ1) is 15.0. The fourth-order valence-corrected chi connectivity index (χ4v) is 2.91. The van der Waals surface area contributed by atoms with Crippen LogP contribution in [0.4, 0.5) is 5.69 Å². The Morgan fingerprint density at radius 3 is 2.35 bits per heavy atom. The first-order valence-corrected chi connectivity index (χ1v) is 9.93. The Kier molecular flexibility index (Phi) is 7.20. The summed E-state index contributed by atoms with van der Waals surface area (Å²) in [4.78, 5) is 24.9. The van der Waals surface area contributed by atoms with E-state index in [0.29, 0.717) is 22.6 Å². The summed E-state index contributed by atoms with van der Waals surface area (Å²) in [6.07, 6.45) is 1.41. The van der Waals surface area contributed by atoms with Crippen molar-refractivity contribution < 1.29 is 19.1 Å². The second-order valence-electron chi connectivity index (χ2n) is 6.30. The van der Waals surface area contributed by atoms with E-state index in [2.05, 4.69) is 21.2 Å². The summed E-state index contributed by atoms with van der Waals surface area (Å²) in [5, 5.41) is 12.1. The molecule has 0 heterocycles. The number of carbonyl (C=O) groups excluding carboxylic acids is 2. The molecule has 31 heavy (non-hydrogen) atoms. The van der Waals surface area contributed by atoms with Gasteiger partial charge in [-0.25, -0.2) is 4.79 Å². The normalized spacial score (nSPS) is 10.7. The van der Waals surface area contributed by atoms with Crippen LogP contribution in [0.1, 0.15) is 15.9 Å². The number of nitriles is 1. The zero-order valence-electron chi connectivity index (χ0n) is 16.5. The Hall–Kier alpha value is -3.89. The third-order valence-electron chi connectivity index (χ3n) is 4.18. The fourth-order valence-electron chi connectivity index (χ4n) is 2.64. The number of methoxy groups -OCH3 is 1. The lowest BCUT2D eigenvalue weighted by atomic mass is 10.1. The van der Waals surface area contributed by atoms with Crippen molar-refractivity contribution in [3.05, 3.63) is 94.0 Å². The van der Waals surface area contributed by atoms with Gasteiger partial charge >= 0.3 is 5.97 Å². The molecular weight excluding hydrogens is 460 g/mol. The molecule has 1 N–H and O–H groups in total. The number of esters is 1. The third kappa shape index (κ3) is 5.81. The number of halogens is 1. The summed E-state index contributed by atoms with van der Waals surface area (Å²) in [5.74, 6) is -0.577. The second-order valence-corrected chi connectivity index (χ2v) is 7.21. The number of hydrogen-bond acceptors (Lipinski definition) is 5. The number of rotatable bonds is 6. The van der Waals surface area contributed by atoms with E-state index in [9.17, 15) is 14.9 Å². The monoisotopic (exact) mass is 476 g/mol. The van der Waals surface area contributed by atoms with Gasteiger partial charge in [-0.05, 0) is 60.2 Å². The van der Waals surface area contributed by atoms with E-state index in [4.69, 9.17) is 9.47 Å². The van der Waals surface area contributed by atoms with Gasteiger partial charge in [0.25, 0.3) is 5.91 Å². The minimum Gasteiger partial charge on any atom is -0.493 e. The molecule has 0 aliphatic carbocycles. The minimum absolute atomic E-state index is 0.103. The number of nitrogens with zero attached hydrogens (tertiary/aromatic N) is 1. The van der Waals surface area contributed by atoms with Gasteiger partial charge in [-0.1, -0.05) is 40.2 Å². The Morgan fingerprint density at radius 1 is 1.00 bits per heavy atom. The van der Waals surface area contributed by atoms with Gasteiger partial charge in [0.05, 0.1) is 12.7 Å². The van der Waals surface area contributed by atoms with Crippen LogP contribution in [0.15, 0.2) is 82.8 Å². The van der Waals surface area contributed by atoms with Crippen LogP contribution in [0.5, 0.6) is 11.5 Å². The van der Waals surface area contributed by atoms with Gasteiger partial charge in [-0.3, -0.25) is 4.79 Å². The Morgan fingerprint density at radius 2 is 1.71 bits per heavy atom. The average molecular weight is 477 g/mol. The van der Waals surface area contributed by atoms with Crippen molar-refractivity contribution in [2.24, 2.45) is 0 Å². The molecule has 3 aromatic rings. The van der Waals surface area contributed by atoms with Gasteiger partial charge in [0.2, 0.25) is 0 Å². The maximum Gasteiger partial charge on any atom is 0.343 e. The average Bonchev–Trinajstić information content (AvgIpc) is 2.79. The van der Waals surface area contributed by atoms with E-state index in [1.807, 2.05) is 6.07 Å². The molecule has 0 saturated heterocycles. The fraction of sp³-hybridized carbons (Fsp3) is 0.0417. The van der Waals surface area contributed by atoms with Gasteiger partial charge in [0, 0.05) is 10.2 Å². The lowest BCUT2D eigenvalue weighted by Gasteiger charge is -2.10. The Bertz CT molecular complexity index is 1170. The molecule has 6 nitrogen and oxygen atoms in total. The number of ether oxygens (including phenoxy) is 2. The molecule has 0 unspecified atom stereocenters. The van der Waals surface area contributed by atoms with Crippen LogP contribution in [0.25, 0.3) is 6.08 Å². The smallest absolute Gasteiger partial charge is 0.343 e. The van der Waals surface area contributed by atoms with Crippen LogP contribution in [0.3, 0.4) is 0 Å². The summed E-state index contributed by atoms with van der Waals surface area (Å²) >= 11 is 3.33. The molecule has 7 heteroatoms. The molecular formula is C24H17BrN2O4. The first kappa shape index (κ1) is 21.8. The number of amides is 1. The van der Waals surface area contributed by atoms with Gasteiger partial charge < -0.3 is 14.8 Å². The van der Waals surface area contributed by atoms with E-state index in [0.717, 1.165) is 4.47 Å². The van der Waals surface area contributed by atoms with Gasteiger partial charge in [0.15, 0.2) is 11.5 Å². The summed E-state index contributed by atoms with van der Waals surface area (Å²) in [7, 11) is 1.46. The maximum atomic E-state index is 12.5. The number of anilines is 1. The highest BCUT2D eigenvalue weighted by Crippen LogP contribution is 2.30. The molecule has 0 atom stereocenters. The molecule has 0 aliphatic rings. The van der Waals surface area contributed by atoms with Gasteiger partial charge in [-0.2, -0.15) is 5.26 Å². The Labute approximate surface area is 187 Å². The molecule has 0 bridgehead atoms. The van der Waals surface area contributed by atoms with Gasteiger partial charge in [-0.15, -0.1) is 0 Å². The molecule has 0 aromatic heterocycles. The summed E-state index contributed by atoms with van der Waals surface area (Å²) in [5.41, 5.74) is 1.34. The summed E-state index contributed by atoms with van der Waals surface area (Å²) in [6, 6.07) is 22.2. The number of hydrogen-bond donors (Lipinski definition) is 1. The SMILES string of the molecule is COc1ccc(/C=C(\C#N)C(=O)Nc2ccc(Br)cc2)cc1OC(=O)c1ccccc1. The molecule has 0 radical (unpaired) electrons. The summed E-state index contributed by atoms with van der Waals surface area (Å²) in [6.45, 7) is 0. The van der Waals surface area contributed by atoms with E-state index < -0.39 is 11.9 Å². The molecule has 154 valence electrons. The lowest BCUT2D eigenvalue weighted by Crippen LogP contribution is -2.13.